The molecule has 0 heterocycles. The maximum absolute atomic E-state index is 9.70. The van der Waals surface area contributed by atoms with Crippen molar-refractivity contribution in [3.63, 3.8) is 0 Å². The molecule has 3 nitrogen and oxygen atoms in total. The van der Waals surface area contributed by atoms with E-state index in [1.807, 2.05) is 13.8 Å². The zero-order valence-electron chi connectivity index (χ0n) is 9.77. The zero-order chi connectivity index (χ0) is 11.3. The normalized spacial score (nSPS) is 18.6. The summed E-state index contributed by atoms with van der Waals surface area (Å²) in [6.45, 7) is 8.02. The summed E-state index contributed by atoms with van der Waals surface area (Å²) >= 11 is 0. The molecule has 0 aromatic rings. The molecule has 0 aromatic heterocycles. The minimum Gasteiger partial charge on any atom is -0.393 e. The van der Waals surface area contributed by atoms with E-state index < -0.39 is 12.2 Å². The largest absolute Gasteiger partial charge is 0.393 e. The standard InChI is InChI=1S/C11H25NO2/c1-7(2)5-9(12)11(14)6-10(13)8(3)4/h7-11,13-14H,5-6,12H2,1-4H3/t9-,10?,11-/m0/s1. The van der Waals surface area contributed by atoms with Gasteiger partial charge in [0.2, 0.25) is 0 Å². The number of aliphatic hydroxyl groups excluding tert-OH is 2. The second-order valence-corrected chi connectivity index (χ2v) is 4.91. The molecule has 0 saturated heterocycles. The lowest BCUT2D eigenvalue weighted by atomic mass is 9.93. The first-order chi connectivity index (χ1) is 6.34. The fourth-order valence-electron chi connectivity index (χ4n) is 1.40. The van der Waals surface area contributed by atoms with E-state index >= 15 is 0 Å². The van der Waals surface area contributed by atoms with Crippen molar-refractivity contribution in [2.75, 3.05) is 0 Å². The van der Waals surface area contributed by atoms with Gasteiger partial charge in [0.15, 0.2) is 0 Å². The van der Waals surface area contributed by atoms with Crippen LogP contribution in [0.3, 0.4) is 0 Å². The highest BCUT2D eigenvalue weighted by atomic mass is 16.3. The Hall–Kier alpha value is -0.120. The SMILES string of the molecule is CC(C)C[C@H](N)[C@@H](O)CC(O)C(C)C. The van der Waals surface area contributed by atoms with Crippen LogP contribution >= 0.6 is 0 Å². The summed E-state index contributed by atoms with van der Waals surface area (Å²) in [5.74, 6) is 0.659. The Morgan fingerprint density at radius 2 is 1.43 bits per heavy atom. The average molecular weight is 203 g/mol. The maximum atomic E-state index is 9.70. The van der Waals surface area contributed by atoms with Gasteiger partial charge in [0.25, 0.3) is 0 Å². The highest BCUT2D eigenvalue weighted by Crippen LogP contribution is 2.13. The van der Waals surface area contributed by atoms with Crippen LogP contribution in [0, 0.1) is 11.8 Å². The van der Waals surface area contributed by atoms with E-state index in [2.05, 4.69) is 13.8 Å². The van der Waals surface area contributed by atoms with E-state index in [1.165, 1.54) is 0 Å². The second kappa shape index (κ2) is 6.38. The molecule has 0 aromatic carbocycles. The summed E-state index contributed by atoms with van der Waals surface area (Å²) in [5.41, 5.74) is 5.81. The fraction of sp³-hybridized carbons (Fsp3) is 1.00. The predicted octanol–water partition coefficient (Wildman–Crippen LogP) is 1.13. The van der Waals surface area contributed by atoms with Crippen molar-refractivity contribution in [1.82, 2.24) is 0 Å². The number of nitrogens with two attached hydrogens (primary N) is 1. The molecule has 0 bridgehead atoms. The number of hydrogen-bond acceptors (Lipinski definition) is 3. The van der Waals surface area contributed by atoms with E-state index in [0.717, 1.165) is 6.42 Å². The summed E-state index contributed by atoms with van der Waals surface area (Å²) < 4.78 is 0. The Labute approximate surface area is 87.3 Å². The third kappa shape index (κ3) is 5.58. The minimum absolute atomic E-state index is 0.177. The summed E-state index contributed by atoms with van der Waals surface area (Å²) in [5, 5.41) is 19.3. The highest BCUT2D eigenvalue weighted by Gasteiger charge is 2.21. The van der Waals surface area contributed by atoms with Gasteiger partial charge in [-0.05, 0) is 18.3 Å². The van der Waals surface area contributed by atoms with Crippen LogP contribution in [0.15, 0.2) is 0 Å². The molecular formula is C11H25NO2. The summed E-state index contributed by atoms with van der Waals surface area (Å²) in [4.78, 5) is 0. The number of aliphatic hydroxyl groups is 2. The van der Waals surface area contributed by atoms with Crippen molar-refractivity contribution >= 4 is 0 Å². The molecule has 4 N–H and O–H groups in total. The quantitative estimate of drug-likeness (QED) is 0.606. The van der Waals surface area contributed by atoms with E-state index in [1.54, 1.807) is 0 Å². The minimum atomic E-state index is -0.588. The third-order valence-electron chi connectivity index (χ3n) is 2.49. The van der Waals surface area contributed by atoms with Gasteiger partial charge in [-0.25, -0.2) is 0 Å². The molecule has 0 amide bonds. The average Bonchev–Trinajstić information content (AvgIpc) is 2.02. The van der Waals surface area contributed by atoms with Gasteiger partial charge in [0.05, 0.1) is 12.2 Å². The summed E-state index contributed by atoms with van der Waals surface area (Å²) in [6.07, 6.45) is 0.135. The van der Waals surface area contributed by atoms with E-state index in [9.17, 15) is 10.2 Å². The molecule has 0 rings (SSSR count). The molecule has 0 spiro atoms. The van der Waals surface area contributed by atoms with Crippen molar-refractivity contribution in [1.29, 1.82) is 0 Å². The van der Waals surface area contributed by atoms with Crippen LogP contribution in [-0.2, 0) is 0 Å². The Kier molecular flexibility index (Phi) is 6.33. The van der Waals surface area contributed by atoms with Crippen molar-refractivity contribution < 1.29 is 10.2 Å². The molecule has 0 aliphatic heterocycles. The predicted molar refractivity (Wildman–Crippen MR) is 58.9 cm³/mol. The topological polar surface area (TPSA) is 66.5 Å². The van der Waals surface area contributed by atoms with Gasteiger partial charge in [0, 0.05) is 12.5 Å². The monoisotopic (exact) mass is 203 g/mol. The molecule has 0 fully saturated rings. The van der Waals surface area contributed by atoms with Crippen LogP contribution in [-0.4, -0.2) is 28.5 Å². The van der Waals surface area contributed by atoms with Gasteiger partial charge in [-0.15, -0.1) is 0 Å². The fourth-order valence-corrected chi connectivity index (χ4v) is 1.40. The van der Waals surface area contributed by atoms with Crippen LogP contribution in [0.4, 0.5) is 0 Å². The molecule has 0 saturated carbocycles. The molecular weight excluding hydrogens is 178 g/mol. The van der Waals surface area contributed by atoms with E-state index in [4.69, 9.17) is 5.73 Å². The van der Waals surface area contributed by atoms with Gasteiger partial charge in [-0.3, -0.25) is 0 Å². The summed E-state index contributed by atoms with van der Waals surface area (Å²) in [6, 6.07) is -0.219. The van der Waals surface area contributed by atoms with Crippen molar-refractivity contribution in [2.45, 2.75) is 58.8 Å². The van der Waals surface area contributed by atoms with Crippen molar-refractivity contribution in [2.24, 2.45) is 17.6 Å². The molecule has 14 heavy (non-hydrogen) atoms. The lowest BCUT2D eigenvalue weighted by Gasteiger charge is -2.24. The highest BCUT2D eigenvalue weighted by molar-refractivity contribution is 4.76. The molecule has 0 radical (unpaired) electrons. The van der Waals surface area contributed by atoms with Crippen molar-refractivity contribution in [3.8, 4) is 0 Å². The molecule has 0 aliphatic rings. The maximum Gasteiger partial charge on any atom is 0.0715 e. The van der Waals surface area contributed by atoms with E-state index in [-0.39, 0.29) is 12.0 Å². The first kappa shape index (κ1) is 13.9. The number of hydrogen-bond donors (Lipinski definition) is 3. The third-order valence-corrected chi connectivity index (χ3v) is 2.49. The van der Waals surface area contributed by atoms with Crippen molar-refractivity contribution in [3.05, 3.63) is 0 Å². The smallest absolute Gasteiger partial charge is 0.0715 e. The van der Waals surface area contributed by atoms with Gasteiger partial charge in [-0.1, -0.05) is 27.7 Å². The van der Waals surface area contributed by atoms with E-state index in [0.29, 0.717) is 12.3 Å². The lowest BCUT2D eigenvalue weighted by Crippen LogP contribution is -2.39. The first-order valence-electron chi connectivity index (χ1n) is 5.46. The Bertz CT molecular complexity index is 148. The number of rotatable bonds is 6. The molecule has 3 atom stereocenters. The van der Waals surface area contributed by atoms with Gasteiger partial charge < -0.3 is 15.9 Å². The van der Waals surface area contributed by atoms with Gasteiger partial charge >= 0.3 is 0 Å². The second-order valence-electron chi connectivity index (χ2n) is 4.91. The van der Waals surface area contributed by atoms with Gasteiger partial charge in [0.1, 0.15) is 0 Å². The molecule has 0 aliphatic carbocycles. The first-order valence-corrected chi connectivity index (χ1v) is 5.46. The Morgan fingerprint density at radius 3 is 1.79 bits per heavy atom. The molecule has 86 valence electrons. The Balaban J connectivity index is 3.88. The van der Waals surface area contributed by atoms with Crippen LogP contribution in [0.1, 0.15) is 40.5 Å². The molecule has 3 heteroatoms. The van der Waals surface area contributed by atoms with Gasteiger partial charge in [-0.2, -0.15) is 0 Å². The van der Waals surface area contributed by atoms with Crippen LogP contribution < -0.4 is 5.73 Å². The van der Waals surface area contributed by atoms with Crippen LogP contribution in [0.5, 0.6) is 0 Å². The lowest BCUT2D eigenvalue weighted by molar-refractivity contribution is 0.0386. The van der Waals surface area contributed by atoms with Crippen LogP contribution in [0.2, 0.25) is 0 Å². The molecule has 1 unspecified atom stereocenters. The Morgan fingerprint density at radius 1 is 0.929 bits per heavy atom. The zero-order valence-corrected chi connectivity index (χ0v) is 9.77. The van der Waals surface area contributed by atoms with Crippen LogP contribution in [0.25, 0.3) is 0 Å². The summed E-state index contributed by atoms with van der Waals surface area (Å²) in [7, 11) is 0.